The molecule has 0 radical (unpaired) electrons. The minimum Gasteiger partial charge on any atom is -0.497 e. The Kier molecular flexibility index (Phi) is 11.4. The van der Waals surface area contributed by atoms with E-state index in [9.17, 15) is 14.4 Å². The van der Waals surface area contributed by atoms with Crippen LogP contribution in [0.1, 0.15) is 63.0 Å². The van der Waals surface area contributed by atoms with Gasteiger partial charge >= 0.3 is 0 Å². The molecule has 2 N–H and O–H groups in total. The fourth-order valence-corrected chi connectivity index (χ4v) is 4.56. The summed E-state index contributed by atoms with van der Waals surface area (Å²) in [6, 6.07) is 11.8. The van der Waals surface area contributed by atoms with E-state index in [4.69, 9.17) is 9.47 Å². The van der Waals surface area contributed by atoms with Gasteiger partial charge in [-0.1, -0.05) is 37.5 Å². The molecule has 1 saturated carbocycles. The molecule has 1 aliphatic rings. The smallest absolute Gasteiger partial charge is 0.247 e. The van der Waals surface area contributed by atoms with Gasteiger partial charge in [0.25, 0.3) is 0 Å². The number of aromatic nitrogens is 1. The number of carbonyl (C=O) groups is 3. The third-order valence-electron chi connectivity index (χ3n) is 6.53. The number of carbonyl (C=O) groups excluding carboxylic acids is 3. The standard InChI is InChI=1S/C28H38N4O5/c1-36-20-19-32(26(34)13-8-12-25(33)31-24-11-6-7-18-29-24)27(21-14-16-23(37-2)17-15-21)28(35)30-22-9-4-3-5-10-22/h6-7,11,14-18,22,27H,3-5,8-10,12-13,19-20H2,1-2H3,(H,30,35)(H,29,31,33). The number of methoxy groups -OCH3 is 2. The van der Waals surface area contributed by atoms with Gasteiger partial charge in [-0.05, 0) is 49.1 Å². The molecule has 0 saturated heterocycles. The molecule has 1 aromatic carbocycles. The number of hydrogen-bond donors (Lipinski definition) is 2. The van der Waals surface area contributed by atoms with Crippen LogP contribution in [0.25, 0.3) is 0 Å². The highest BCUT2D eigenvalue weighted by Crippen LogP contribution is 2.26. The van der Waals surface area contributed by atoms with Gasteiger partial charge in [-0.15, -0.1) is 0 Å². The third-order valence-corrected chi connectivity index (χ3v) is 6.53. The summed E-state index contributed by atoms with van der Waals surface area (Å²) in [4.78, 5) is 45.0. The molecule has 2 aromatic rings. The first-order valence-electron chi connectivity index (χ1n) is 13.0. The fraction of sp³-hybridized carbons (Fsp3) is 0.500. The lowest BCUT2D eigenvalue weighted by Gasteiger charge is -2.33. The average Bonchev–Trinajstić information content (AvgIpc) is 2.92. The zero-order valence-electron chi connectivity index (χ0n) is 21.8. The largest absolute Gasteiger partial charge is 0.497 e. The summed E-state index contributed by atoms with van der Waals surface area (Å²) in [6.45, 7) is 0.541. The minimum absolute atomic E-state index is 0.108. The molecule has 1 aromatic heterocycles. The van der Waals surface area contributed by atoms with E-state index in [0.29, 0.717) is 23.6 Å². The Balaban J connectivity index is 1.72. The third kappa shape index (κ3) is 8.86. The van der Waals surface area contributed by atoms with Crippen molar-refractivity contribution in [2.45, 2.75) is 63.5 Å². The first-order chi connectivity index (χ1) is 18.0. The molecule has 9 nitrogen and oxygen atoms in total. The summed E-state index contributed by atoms with van der Waals surface area (Å²) >= 11 is 0. The van der Waals surface area contributed by atoms with Crippen LogP contribution in [0.3, 0.4) is 0 Å². The van der Waals surface area contributed by atoms with Gasteiger partial charge in [0.15, 0.2) is 0 Å². The summed E-state index contributed by atoms with van der Waals surface area (Å²) in [5, 5.41) is 5.91. The molecule has 1 unspecified atom stereocenters. The van der Waals surface area contributed by atoms with Crippen LogP contribution in [0.2, 0.25) is 0 Å². The van der Waals surface area contributed by atoms with Gasteiger partial charge in [-0.25, -0.2) is 4.98 Å². The lowest BCUT2D eigenvalue weighted by Crippen LogP contribution is -2.48. The predicted octanol–water partition coefficient (Wildman–Crippen LogP) is 3.86. The SMILES string of the molecule is COCCN(C(=O)CCCC(=O)Nc1ccccn1)C(C(=O)NC1CCCCC1)c1ccc(OC)cc1. The van der Waals surface area contributed by atoms with E-state index >= 15 is 0 Å². The molecule has 0 spiro atoms. The Morgan fingerprint density at radius 3 is 2.43 bits per heavy atom. The van der Waals surface area contributed by atoms with Gasteiger partial charge in [0.2, 0.25) is 17.7 Å². The number of anilines is 1. The van der Waals surface area contributed by atoms with Crippen LogP contribution in [0.4, 0.5) is 5.82 Å². The zero-order chi connectivity index (χ0) is 26.5. The Morgan fingerprint density at radius 2 is 1.78 bits per heavy atom. The average molecular weight is 511 g/mol. The van der Waals surface area contributed by atoms with Gasteiger partial charge in [-0.2, -0.15) is 0 Å². The number of nitrogens with zero attached hydrogens (tertiary/aromatic N) is 2. The lowest BCUT2D eigenvalue weighted by atomic mass is 9.94. The van der Waals surface area contributed by atoms with Crippen LogP contribution in [-0.4, -0.2) is 61.0 Å². The number of benzene rings is 1. The van der Waals surface area contributed by atoms with Crippen molar-refractivity contribution in [3.63, 3.8) is 0 Å². The topological polar surface area (TPSA) is 110 Å². The Bertz CT molecular complexity index is 993. The lowest BCUT2D eigenvalue weighted by molar-refractivity contribution is -0.142. The van der Waals surface area contributed by atoms with E-state index in [-0.39, 0.29) is 49.8 Å². The van der Waals surface area contributed by atoms with Crippen molar-refractivity contribution in [3.05, 3.63) is 54.2 Å². The van der Waals surface area contributed by atoms with Crippen molar-refractivity contribution in [1.29, 1.82) is 0 Å². The molecule has 0 bridgehead atoms. The number of hydrogen-bond acceptors (Lipinski definition) is 6. The molecule has 9 heteroatoms. The van der Waals surface area contributed by atoms with E-state index in [1.54, 1.807) is 55.6 Å². The Hall–Kier alpha value is -3.46. The number of pyridine rings is 1. The summed E-state index contributed by atoms with van der Waals surface area (Å²) in [5.41, 5.74) is 0.700. The van der Waals surface area contributed by atoms with E-state index in [1.807, 2.05) is 12.1 Å². The van der Waals surface area contributed by atoms with Crippen LogP contribution >= 0.6 is 0 Å². The number of amides is 3. The summed E-state index contributed by atoms with van der Waals surface area (Å²) in [5.74, 6) is 0.525. The number of nitrogens with one attached hydrogen (secondary N) is 2. The highest BCUT2D eigenvalue weighted by atomic mass is 16.5. The van der Waals surface area contributed by atoms with Crippen molar-refractivity contribution in [2.24, 2.45) is 0 Å². The van der Waals surface area contributed by atoms with Crippen molar-refractivity contribution >= 4 is 23.5 Å². The van der Waals surface area contributed by atoms with E-state index in [1.165, 1.54) is 6.42 Å². The Morgan fingerprint density at radius 1 is 1.03 bits per heavy atom. The maximum atomic E-state index is 13.6. The molecule has 3 amide bonds. The van der Waals surface area contributed by atoms with Crippen LogP contribution in [0.5, 0.6) is 5.75 Å². The van der Waals surface area contributed by atoms with Crippen molar-refractivity contribution in [3.8, 4) is 5.75 Å². The molecular weight excluding hydrogens is 472 g/mol. The van der Waals surface area contributed by atoms with E-state index in [0.717, 1.165) is 25.7 Å². The first kappa shape index (κ1) is 28.1. The van der Waals surface area contributed by atoms with Crippen molar-refractivity contribution in [2.75, 3.05) is 32.7 Å². The van der Waals surface area contributed by atoms with Crippen LogP contribution in [0.15, 0.2) is 48.7 Å². The van der Waals surface area contributed by atoms with Gasteiger partial charge in [0, 0.05) is 38.7 Å². The normalized spacial score (nSPS) is 14.4. The molecule has 3 rings (SSSR count). The van der Waals surface area contributed by atoms with E-state index in [2.05, 4.69) is 15.6 Å². The second-order valence-electron chi connectivity index (χ2n) is 9.22. The molecule has 1 atom stereocenters. The second-order valence-corrected chi connectivity index (χ2v) is 9.22. The van der Waals surface area contributed by atoms with Crippen molar-refractivity contribution in [1.82, 2.24) is 15.2 Å². The highest BCUT2D eigenvalue weighted by Gasteiger charge is 2.32. The predicted molar refractivity (Wildman–Crippen MR) is 141 cm³/mol. The molecule has 1 heterocycles. The van der Waals surface area contributed by atoms with Gasteiger partial charge in [0.1, 0.15) is 17.6 Å². The van der Waals surface area contributed by atoms with Crippen LogP contribution < -0.4 is 15.4 Å². The maximum Gasteiger partial charge on any atom is 0.247 e. The van der Waals surface area contributed by atoms with Crippen molar-refractivity contribution < 1.29 is 23.9 Å². The monoisotopic (exact) mass is 510 g/mol. The van der Waals surface area contributed by atoms with Crippen LogP contribution in [0, 0.1) is 0 Å². The molecule has 1 fully saturated rings. The molecule has 0 aliphatic heterocycles. The first-order valence-corrected chi connectivity index (χ1v) is 13.0. The van der Waals surface area contributed by atoms with Gasteiger partial charge in [-0.3, -0.25) is 14.4 Å². The number of ether oxygens (including phenoxy) is 2. The van der Waals surface area contributed by atoms with Crippen LogP contribution in [-0.2, 0) is 19.1 Å². The van der Waals surface area contributed by atoms with Gasteiger partial charge < -0.3 is 25.0 Å². The highest BCUT2D eigenvalue weighted by molar-refractivity contribution is 5.91. The molecular formula is C28H38N4O5. The molecule has 37 heavy (non-hydrogen) atoms. The quantitative estimate of drug-likeness (QED) is 0.423. The Labute approximate surface area is 218 Å². The molecule has 200 valence electrons. The summed E-state index contributed by atoms with van der Waals surface area (Å²) in [7, 11) is 3.15. The zero-order valence-corrected chi connectivity index (χ0v) is 21.8. The summed E-state index contributed by atoms with van der Waals surface area (Å²) < 4.78 is 10.5. The number of rotatable bonds is 13. The summed E-state index contributed by atoms with van der Waals surface area (Å²) in [6.07, 6.45) is 7.49. The van der Waals surface area contributed by atoms with Gasteiger partial charge in [0.05, 0.1) is 13.7 Å². The maximum absolute atomic E-state index is 13.6. The van der Waals surface area contributed by atoms with E-state index < -0.39 is 6.04 Å². The minimum atomic E-state index is -0.808. The second kappa shape index (κ2) is 14.9. The molecule has 1 aliphatic carbocycles. The fourth-order valence-electron chi connectivity index (χ4n) is 4.56.